The Hall–Kier alpha value is -2.48. The van der Waals surface area contributed by atoms with Crippen LogP contribution < -0.4 is 0 Å². The predicted molar refractivity (Wildman–Crippen MR) is 52.9 cm³/mol. The average Bonchev–Trinajstić information content (AvgIpc) is 2.29. The van der Waals surface area contributed by atoms with Crippen molar-refractivity contribution in [1.29, 1.82) is 5.26 Å². The van der Waals surface area contributed by atoms with E-state index in [9.17, 15) is 0 Å². The molecule has 2 rings (SSSR count). The van der Waals surface area contributed by atoms with Crippen LogP contribution in [0.5, 0.6) is 0 Å². The summed E-state index contributed by atoms with van der Waals surface area (Å²) in [6, 6.07) is 7.40. The number of rotatable bonds is 0. The van der Waals surface area contributed by atoms with Crippen LogP contribution in [0.3, 0.4) is 0 Å². The number of benzene rings is 1. The van der Waals surface area contributed by atoms with Crippen LogP contribution in [0.4, 0.5) is 0 Å². The zero-order valence-electron chi connectivity index (χ0n) is 7.66. The van der Waals surface area contributed by atoms with E-state index in [-0.39, 0.29) is 6.47 Å². The fourth-order valence-corrected chi connectivity index (χ4v) is 1.05. The molecule has 0 unspecified atom stereocenters. The van der Waals surface area contributed by atoms with Crippen molar-refractivity contribution in [1.82, 2.24) is 9.97 Å². The van der Waals surface area contributed by atoms with E-state index in [1.807, 2.05) is 6.07 Å². The van der Waals surface area contributed by atoms with E-state index in [1.165, 1.54) is 6.33 Å². The minimum Gasteiger partial charge on any atom is -0.483 e. The molecule has 1 N–H and O–H groups in total. The van der Waals surface area contributed by atoms with Crippen LogP contribution in [-0.2, 0) is 4.79 Å². The Bertz CT molecular complexity index is 505. The van der Waals surface area contributed by atoms with Gasteiger partial charge in [0.25, 0.3) is 6.47 Å². The van der Waals surface area contributed by atoms with Crippen LogP contribution in [0.15, 0.2) is 30.7 Å². The normalized spacial score (nSPS) is 8.47. The van der Waals surface area contributed by atoms with Gasteiger partial charge in [-0.05, 0) is 18.2 Å². The Morgan fingerprint density at radius 2 is 2.20 bits per heavy atom. The summed E-state index contributed by atoms with van der Waals surface area (Å²) in [5, 5.41) is 16.4. The van der Waals surface area contributed by atoms with Crippen LogP contribution in [0.25, 0.3) is 10.9 Å². The van der Waals surface area contributed by atoms with Crippen LogP contribution >= 0.6 is 0 Å². The van der Waals surface area contributed by atoms with Gasteiger partial charge in [0.05, 0.1) is 17.1 Å². The summed E-state index contributed by atoms with van der Waals surface area (Å²) < 4.78 is 0. The van der Waals surface area contributed by atoms with Crippen LogP contribution in [0, 0.1) is 11.3 Å². The zero-order valence-corrected chi connectivity index (χ0v) is 7.66. The van der Waals surface area contributed by atoms with E-state index < -0.39 is 0 Å². The number of nitriles is 1. The molecule has 1 heterocycles. The Balaban J connectivity index is 0.000000337. The Labute approximate surface area is 85.6 Å². The van der Waals surface area contributed by atoms with Crippen LogP contribution in [0.2, 0.25) is 0 Å². The first kappa shape index (κ1) is 10.6. The molecule has 0 aliphatic carbocycles. The van der Waals surface area contributed by atoms with Crippen molar-refractivity contribution >= 4 is 17.4 Å². The SMILES string of the molecule is N#Cc1ccc2ncncc2c1.O=CO. The molecule has 0 atom stereocenters. The van der Waals surface area contributed by atoms with Gasteiger partial charge in [0.15, 0.2) is 0 Å². The highest BCUT2D eigenvalue weighted by atomic mass is 16.3. The molecule has 2 aromatic rings. The molecular weight excluding hydrogens is 194 g/mol. The first-order valence-corrected chi connectivity index (χ1v) is 3.99. The van der Waals surface area contributed by atoms with E-state index in [2.05, 4.69) is 16.0 Å². The highest BCUT2D eigenvalue weighted by Gasteiger charge is 1.94. The summed E-state index contributed by atoms with van der Waals surface area (Å²) in [7, 11) is 0. The fourth-order valence-electron chi connectivity index (χ4n) is 1.05. The van der Waals surface area contributed by atoms with Gasteiger partial charge in [-0.25, -0.2) is 9.97 Å². The third-order valence-corrected chi connectivity index (χ3v) is 1.63. The minimum absolute atomic E-state index is 0.250. The molecular formula is C10H7N3O2. The molecule has 0 aliphatic rings. The molecule has 1 aromatic carbocycles. The molecule has 1 aromatic heterocycles. The van der Waals surface area contributed by atoms with Gasteiger partial charge in [-0.2, -0.15) is 5.26 Å². The van der Waals surface area contributed by atoms with Crippen molar-refractivity contribution in [3.8, 4) is 6.07 Å². The molecule has 0 bridgehead atoms. The molecule has 0 saturated heterocycles. The topological polar surface area (TPSA) is 86.9 Å². The van der Waals surface area contributed by atoms with E-state index in [0.29, 0.717) is 5.56 Å². The maximum atomic E-state index is 8.61. The zero-order chi connectivity index (χ0) is 11.1. The highest BCUT2D eigenvalue weighted by Crippen LogP contribution is 2.10. The van der Waals surface area contributed by atoms with Gasteiger partial charge in [0.2, 0.25) is 0 Å². The van der Waals surface area contributed by atoms with Gasteiger partial charge in [-0.3, -0.25) is 4.79 Å². The van der Waals surface area contributed by atoms with E-state index in [1.54, 1.807) is 18.3 Å². The molecule has 0 saturated carbocycles. The first-order valence-electron chi connectivity index (χ1n) is 3.99. The molecule has 0 radical (unpaired) electrons. The smallest absolute Gasteiger partial charge is 0.290 e. The second-order valence-electron chi connectivity index (χ2n) is 2.51. The predicted octanol–water partition coefficient (Wildman–Crippen LogP) is 1.20. The van der Waals surface area contributed by atoms with Crippen molar-refractivity contribution in [3.63, 3.8) is 0 Å². The standard InChI is InChI=1S/C9H5N3.CH2O2/c10-4-7-1-2-9-8(3-7)5-11-6-12-9;2-1-3/h1-3,5-6H;1H,(H,2,3). The number of carboxylic acid groups (broad SMARTS) is 1. The maximum absolute atomic E-state index is 8.61. The van der Waals surface area contributed by atoms with Crippen LogP contribution in [-0.4, -0.2) is 21.5 Å². The molecule has 0 amide bonds. The number of hydrogen-bond donors (Lipinski definition) is 1. The van der Waals surface area contributed by atoms with Gasteiger partial charge >= 0.3 is 0 Å². The number of nitrogens with zero attached hydrogens (tertiary/aromatic N) is 3. The second-order valence-corrected chi connectivity index (χ2v) is 2.51. The lowest BCUT2D eigenvalue weighted by Gasteiger charge is -1.93. The fraction of sp³-hybridized carbons (Fsp3) is 0. The molecule has 15 heavy (non-hydrogen) atoms. The quantitative estimate of drug-likeness (QED) is 0.647. The minimum atomic E-state index is -0.250. The van der Waals surface area contributed by atoms with Gasteiger partial charge < -0.3 is 5.11 Å². The van der Waals surface area contributed by atoms with Gasteiger partial charge in [-0.1, -0.05) is 0 Å². The lowest BCUT2D eigenvalue weighted by Crippen LogP contribution is -1.81. The molecule has 5 heteroatoms. The Kier molecular flexibility index (Phi) is 3.74. The van der Waals surface area contributed by atoms with Crippen molar-refractivity contribution in [3.05, 3.63) is 36.3 Å². The number of aromatic nitrogens is 2. The monoisotopic (exact) mass is 201 g/mol. The van der Waals surface area contributed by atoms with Crippen molar-refractivity contribution < 1.29 is 9.90 Å². The third kappa shape index (κ3) is 2.74. The maximum Gasteiger partial charge on any atom is 0.290 e. The summed E-state index contributed by atoms with van der Waals surface area (Å²) in [6.45, 7) is -0.250. The van der Waals surface area contributed by atoms with Crippen molar-refractivity contribution in [2.45, 2.75) is 0 Å². The molecule has 0 spiro atoms. The van der Waals surface area contributed by atoms with Gasteiger partial charge in [0.1, 0.15) is 6.33 Å². The second kappa shape index (κ2) is 5.29. The summed E-state index contributed by atoms with van der Waals surface area (Å²) in [5.41, 5.74) is 1.50. The summed E-state index contributed by atoms with van der Waals surface area (Å²) in [6.07, 6.45) is 3.19. The molecule has 5 nitrogen and oxygen atoms in total. The lowest BCUT2D eigenvalue weighted by molar-refractivity contribution is -0.122. The summed E-state index contributed by atoms with van der Waals surface area (Å²) >= 11 is 0. The Morgan fingerprint density at radius 1 is 1.47 bits per heavy atom. The third-order valence-electron chi connectivity index (χ3n) is 1.63. The summed E-state index contributed by atoms with van der Waals surface area (Å²) in [5.74, 6) is 0. The van der Waals surface area contributed by atoms with Gasteiger partial charge in [0, 0.05) is 11.6 Å². The lowest BCUT2D eigenvalue weighted by atomic mass is 10.2. The van der Waals surface area contributed by atoms with Crippen LogP contribution in [0.1, 0.15) is 5.56 Å². The number of hydrogen-bond acceptors (Lipinski definition) is 4. The van der Waals surface area contributed by atoms with E-state index in [4.69, 9.17) is 15.2 Å². The Morgan fingerprint density at radius 3 is 2.87 bits per heavy atom. The number of carbonyl (C=O) groups is 1. The van der Waals surface area contributed by atoms with Crippen molar-refractivity contribution in [2.75, 3.05) is 0 Å². The van der Waals surface area contributed by atoms with Gasteiger partial charge in [-0.15, -0.1) is 0 Å². The summed E-state index contributed by atoms with van der Waals surface area (Å²) in [4.78, 5) is 16.3. The molecule has 74 valence electrons. The number of fused-ring (bicyclic) bond motifs is 1. The highest BCUT2D eigenvalue weighted by molar-refractivity contribution is 5.78. The largest absolute Gasteiger partial charge is 0.483 e. The van der Waals surface area contributed by atoms with E-state index in [0.717, 1.165) is 10.9 Å². The molecule has 0 fully saturated rings. The molecule has 0 aliphatic heterocycles. The average molecular weight is 201 g/mol. The van der Waals surface area contributed by atoms with Crippen molar-refractivity contribution in [2.24, 2.45) is 0 Å². The van der Waals surface area contributed by atoms with E-state index >= 15 is 0 Å². The first-order chi connectivity index (χ1) is 7.31.